The predicted molar refractivity (Wildman–Crippen MR) is 98.0 cm³/mol. The van der Waals surface area contributed by atoms with Crippen LogP contribution in [0.5, 0.6) is 0 Å². The average molecular weight is 375 g/mol. The van der Waals surface area contributed by atoms with Crippen molar-refractivity contribution in [1.82, 2.24) is 14.8 Å². The van der Waals surface area contributed by atoms with Crippen molar-refractivity contribution in [2.75, 3.05) is 32.8 Å². The normalized spacial score (nSPS) is 22.9. The predicted octanol–water partition coefficient (Wildman–Crippen LogP) is 2.81. The van der Waals surface area contributed by atoms with E-state index in [1.807, 2.05) is 42.2 Å². The van der Waals surface area contributed by atoms with Crippen LogP contribution in [0.15, 0.2) is 36.4 Å². The van der Waals surface area contributed by atoms with E-state index in [1.54, 1.807) is 11.0 Å². The fraction of sp³-hybridized carbons (Fsp3) is 0.500. The minimum atomic E-state index is -2.69. The van der Waals surface area contributed by atoms with E-state index < -0.39 is 5.92 Å². The van der Waals surface area contributed by atoms with Crippen LogP contribution in [0.2, 0.25) is 0 Å². The number of carbonyl (C=O) groups is 1. The zero-order chi connectivity index (χ0) is 19.0. The van der Waals surface area contributed by atoms with Crippen molar-refractivity contribution in [2.24, 2.45) is 0 Å². The minimum Gasteiger partial charge on any atom is -0.380 e. The van der Waals surface area contributed by atoms with E-state index >= 15 is 0 Å². The highest BCUT2D eigenvalue weighted by Gasteiger charge is 2.50. The highest BCUT2D eigenvalue weighted by Crippen LogP contribution is 2.35. The lowest BCUT2D eigenvalue weighted by Crippen LogP contribution is -2.62. The molecule has 2 aliphatic rings. The van der Waals surface area contributed by atoms with Crippen molar-refractivity contribution >= 4 is 16.8 Å². The summed E-state index contributed by atoms with van der Waals surface area (Å²) in [6, 6.07) is 10.9. The van der Waals surface area contributed by atoms with Gasteiger partial charge in [0.25, 0.3) is 11.8 Å². The van der Waals surface area contributed by atoms with Crippen LogP contribution >= 0.6 is 0 Å². The molecule has 5 nitrogen and oxygen atoms in total. The highest BCUT2D eigenvalue weighted by atomic mass is 19.3. The summed E-state index contributed by atoms with van der Waals surface area (Å²) in [4.78, 5) is 20.6. The Morgan fingerprint density at radius 1 is 1.26 bits per heavy atom. The molecule has 27 heavy (non-hydrogen) atoms. The summed E-state index contributed by atoms with van der Waals surface area (Å²) in [5, 5.41) is 0.980. The van der Waals surface area contributed by atoms with E-state index in [9.17, 15) is 13.6 Å². The van der Waals surface area contributed by atoms with Gasteiger partial charge in [-0.05, 0) is 19.1 Å². The van der Waals surface area contributed by atoms with Gasteiger partial charge in [-0.3, -0.25) is 9.69 Å². The number of fused-ring (bicyclic) bond motifs is 1. The van der Waals surface area contributed by atoms with E-state index in [4.69, 9.17) is 4.74 Å². The van der Waals surface area contributed by atoms with E-state index in [0.717, 1.165) is 10.9 Å². The highest BCUT2D eigenvalue weighted by molar-refractivity contribution is 5.95. The topological polar surface area (TPSA) is 45.7 Å². The molecule has 0 bridgehead atoms. The molecule has 1 atom stereocenters. The Morgan fingerprint density at radius 2 is 2.04 bits per heavy atom. The second-order valence-electron chi connectivity index (χ2n) is 7.30. The van der Waals surface area contributed by atoms with Crippen LogP contribution < -0.4 is 0 Å². The molecule has 0 saturated carbocycles. The molecule has 1 aromatic carbocycles. The maximum absolute atomic E-state index is 13.9. The Labute approximate surface area is 156 Å². The molecule has 0 spiro atoms. The van der Waals surface area contributed by atoms with Gasteiger partial charge >= 0.3 is 0 Å². The first-order valence-corrected chi connectivity index (χ1v) is 9.33. The lowest BCUT2D eigenvalue weighted by Gasteiger charge is -2.45. The maximum Gasteiger partial charge on any atom is 0.272 e. The Morgan fingerprint density at radius 3 is 2.81 bits per heavy atom. The number of alkyl halides is 2. The molecule has 1 unspecified atom stereocenters. The lowest BCUT2D eigenvalue weighted by atomic mass is 10.0. The SMILES string of the molecule is CCOCC1CC(F)(F)CN1C1CN(C(=O)c2ccc3ccccc3n2)C1. The second-order valence-corrected chi connectivity index (χ2v) is 7.30. The van der Waals surface area contributed by atoms with Crippen molar-refractivity contribution < 1.29 is 18.3 Å². The number of halogens is 2. The number of pyridine rings is 1. The number of aromatic nitrogens is 1. The zero-order valence-electron chi connectivity index (χ0n) is 15.3. The Hall–Kier alpha value is -2.12. The third-order valence-electron chi connectivity index (χ3n) is 5.37. The molecular weight excluding hydrogens is 352 g/mol. The van der Waals surface area contributed by atoms with E-state index in [1.165, 1.54) is 0 Å². The second kappa shape index (κ2) is 7.13. The maximum atomic E-state index is 13.9. The molecule has 1 amide bonds. The smallest absolute Gasteiger partial charge is 0.272 e. The third kappa shape index (κ3) is 3.66. The molecule has 0 radical (unpaired) electrons. The van der Waals surface area contributed by atoms with Crippen LogP contribution in [0.4, 0.5) is 8.78 Å². The summed E-state index contributed by atoms with van der Waals surface area (Å²) in [5.41, 5.74) is 1.17. The van der Waals surface area contributed by atoms with Gasteiger partial charge in [-0.1, -0.05) is 24.3 Å². The molecule has 0 N–H and O–H groups in total. The summed E-state index contributed by atoms with van der Waals surface area (Å²) in [5.74, 6) is -2.84. The number of ether oxygens (including phenoxy) is 1. The van der Waals surface area contributed by atoms with Crippen molar-refractivity contribution in [3.8, 4) is 0 Å². The largest absolute Gasteiger partial charge is 0.380 e. The molecule has 2 fully saturated rings. The molecule has 7 heteroatoms. The monoisotopic (exact) mass is 375 g/mol. The fourth-order valence-electron chi connectivity index (χ4n) is 3.94. The molecule has 2 saturated heterocycles. The summed E-state index contributed by atoms with van der Waals surface area (Å²) in [7, 11) is 0. The fourth-order valence-corrected chi connectivity index (χ4v) is 3.94. The molecule has 0 aliphatic carbocycles. The van der Waals surface area contributed by atoms with Crippen LogP contribution in [-0.4, -0.2) is 71.5 Å². The number of likely N-dealkylation sites (tertiary alicyclic amines) is 2. The van der Waals surface area contributed by atoms with Crippen LogP contribution in [-0.2, 0) is 4.74 Å². The van der Waals surface area contributed by atoms with Crippen molar-refractivity contribution in [3.63, 3.8) is 0 Å². The third-order valence-corrected chi connectivity index (χ3v) is 5.37. The number of amides is 1. The quantitative estimate of drug-likeness (QED) is 0.806. The van der Waals surface area contributed by atoms with E-state index in [0.29, 0.717) is 32.0 Å². The van der Waals surface area contributed by atoms with Crippen molar-refractivity contribution in [1.29, 1.82) is 0 Å². The Kier molecular flexibility index (Phi) is 4.82. The first-order chi connectivity index (χ1) is 13.0. The number of rotatable bonds is 5. The lowest BCUT2D eigenvalue weighted by molar-refractivity contribution is -0.0150. The van der Waals surface area contributed by atoms with Gasteiger partial charge in [-0.15, -0.1) is 0 Å². The van der Waals surface area contributed by atoms with Gasteiger partial charge in [0.2, 0.25) is 0 Å². The number of nitrogens with zero attached hydrogens (tertiary/aromatic N) is 3. The number of benzene rings is 1. The van der Waals surface area contributed by atoms with Crippen LogP contribution in [0.1, 0.15) is 23.8 Å². The molecule has 4 rings (SSSR count). The van der Waals surface area contributed by atoms with Gasteiger partial charge in [0.15, 0.2) is 0 Å². The van der Waals surface area contributed by atoms with Gasteiger partial charge < -0.3 is 9.64 Å². The first-order valence-electron chi connectivity index (χ1n) is 9.33. The van der Waals surface area contributed by atoms with E-state index in [2.05, 4.69) is 4.98 Å². The summed E-state index contributed by atoms with van der Waals surface area (Å²) in [6.45, 7) is 3.32. The number of para-hydroxylation sites is 1. The van der Waals surface area contributed by atoms with Crippen molar-refractivity contribution in [2.45, 2.75) is 31.4 Å². The molecular formula is C20H23F2N3O2. The summed E-state index contributed by atoms with van der Waals surface area (Å²) >= 11 is 0. The molecule has 1 aromatic heterocycles. The zero-order valence-corrected chi connectivity index (χ0v) is 15.3. The van der Waals surface area contributed by atoms with Gasteiger partial charge in [-0.2, -0.15) is 0 Å². The Balaban J connectivity index is 1.41. The first kappa shape index (κ1) is 18.3. The van der Waals surface area contributed by atoms with Gasteiger partial charge in [0.05, 0.1) is 18.7 Å². The summed E-state index contributed by atoms with van der Waals surface area (Å²) < 4.78 is 33.1. The molecule has 144 valence electrons. The number of hydrogen-bond acceptors (Lipinski definition) is 4. The molecule has 2 aliphatic heterocycles. The molecule has 2 aromatic rings. The minimum absolute atomic E-state index is 0.0479. The van der Waals surface area contributed by atoms with Gasteiger partial charge in [0.1, 0.15) is 5.69 Å². The van der Waals surface area contributed by atoms with E-state index in [-0.39, 0.29) is 31.0 Å². The number of carbonyl (C=O) groups excluding carboxylic acids is 1. The average Bonchev–Trinajstić information content (AvgIpc) is 2.92. The summed E-state index contributed by atoms with van der Waals surface area (Å²) in [6.07, 6.45) is -0.177. The van der Waals surface area contributed by atoms with Crippen LogP contribution in [0, 0.1) is 0 Å². The number of hydrogen-bond donors (Lipinski definition) is 0. The van der Waals surface area contributed by atoms with Crippen molar-refractivity contribution in [3.05, 3.63) is 42.1 Å². The Bertz CT molecular complexity index is 839. The standard InChI is InChI=1S/C20H23F2N3O2/c1-2-27-12-15-9-20(21,22)13-25(15)16-10-24(11-16)19(26)18-8-7-14-5-3-4-6-17(14)23-18/h3-8,15-16H,2,9-13H2,1H3. The van der Waals surface area contributed by atoms with Crippen LogP contribution in [0.25, 0.3) is 10.9 Å². The van der Waals surface area contributed by atoms with Gasteiger partial charge in [0, 0.05) is 43.6 Å². The van der Waals surface area contributed by atoms with Crippen LogP contribution in [0.3, 0.4) is 0 Å². The molecule has 3 heterocycles. The van der Waals surface area contributed by atoms with Gasteiger partial charge in [-0.25, -0.2) is 13.8 Å².